The number of azo groups is 1. The average molecular weight is 411 g/mol. The minimum atomic E-state index is -0.605. The van der Waals surface area contributed by atoms with Gasteiger partial charge in [0.15, 0.2) is 17.2 Å². The van der Waals surface area contributed by atoms with Crippen molar-refractivity contribution in [1.82, 2.24) is 4.57 Å². The van der Waals surface area contributed by atoms with Gasteiger partial charge in [-0.05, 0) is 45.0 Å². The fourth-order valence-electron chi connectivity index (χ4n) is 3.38. The van der Waals surface area contributed by atoms with Gasteiger partial charge >= 0.3 is 0 Å². The van der Waals surface area contributed by atoms with Crippen molar-refractivity contribution in [3.8, 4) is 23.1 Å². The molecule has 0 saturated heterocycles. The van der Waals surface area contributed by atoms with Crippen LogP contribution in [-0.2, 0) is 0 Å². The number of nitrogens with zero attached hydrogens (tertiary/aromatic N) is 3. The quantitative estimate of drug-likeness (QED) is 0.564. The summed E-state index contributed by atoms with van der Waals surface area (Å²) in [7, 11) is 4.42. The van der Waals surface area contributed by atoms with Crippen LogP contribution in [0.15, 0.2) is 40.6 Å². The van der Waals surface area contributed by atoms with Crippen molar-refractivity contribution in [3.63, 3.8) is 0 Å². The summed E-state index contributed by atoms with van der Waals surface area (Å²) >= 11 is 0. The molecule has 1 heterocycles. The Morgan fingerprint density at radius 1 is 1.03 bits per heavy atom. The van der Waals surface area contributed by atoms with Crippen molar-refractivity contribution in [2.45, 2.75) is 26.8 Å². The fourth-order valence-corrected chi connectivity index (χ4v) is 3.38. The fraction of sp³-hybridized carbons (Fsp3) is 0.318. The molecule has 0 fully saturated rings. The van der Waals surface area contributed by atoms with Gasteiger partial charge in [0.1, 0.15) is 0 Å². The normalized spacial score (nSPS) is 11.4. The molecule has 0 spiro atoms. The molecule has 0 unspecified atom stereocenters. The van der Waals surface area contributed by atoms with E-state index in [4.69, 9.17) is 14.2 Å². The molecule has 8 nitrogen and oxygen atoms in total. The molecular weight excluding hydrogens is 386 g/mol. The lowest BCUT2D eigenvalue weighted by atomic mass is 10.1. The second-order valence-corrected chi connectivity index (χ2v) is 7.08. The van der Waals surface area contributed by atoms with Crippen LogP contribution >= 0.6 is 0 Å². The third-order valence-corrected chi connectivity index (χ3v) is 4.78. The highest BCUT2D eigenvalue weighted by Crippen LogP contribution is 2.42. The van der Waals surface area contributed by atoms with E-state index in [2.05, 4.69) is 10.2 Å². The molecule has 8 heteroatoms. The van der Waals surface area contributed by atoms with Crippen LogP contribution in [0, 0.1) is 6.92 Å². The number of amides is 1. The smallest absolute Gasteiger partial charge is 0.295 e. The number of carbonyl (C=O) groups excluding carboxylic acids is 1. The van der Waals surface area contributed by atoms with Crippen LogP contribution in [0.4, 0.5) is 5.69 Å². The van der Waals surface area contributed by atoms with Crippen molar-refractivity contribution in [2.24, 2.45) is 10.2 Å². The standard InChI is InChI=1S/C22H25N3O5/c1-12(2)25-16-8-7-13(3)9-15(16)19(22(25)27)23-24-21(26)14-10-17(28-4)20(30-6)18(11-14)29-5/h7-12,27H,1-6H3. The molecule has 158 valence electrons. The van der Waals surface area contributed by atoms with E-state index in [0.717, 1.165) is 16.5 Å². The van der Waals surface area contributed by atoms with Crippen LogP contribution < -0.4 is 14.2 Å². The molecule has 3 aromatic rings. The zero-order valence-corrected chi connectivity index (χ0v) is 17.9. The Balaban J connectivity index is 2.06. The summed E-state index contributed by atoms with van der Waals surface area (Å²) in [6.07, 6.45) is 0. The second kappa shape index (κ2) is 8.44. The highest BCUT2D eigenvalue weighted by atomic mass is 16.5. The zero-order valence-electron chi connectivity index (χ0n) is 17.9. The van der Waals surface area contributed by atoms with Crippen molar-refractivity contribution in [1.29, 1.82) is 0 Å². The van der Waals surface area contributed by atoms with E-state index in [0.29, 0.717) is 17.2 Å². The van der Waals surface area contributed by atoms with Gasteiger partial charge in [0, 0.05) is 11.4 Å². The topological polar surface area (TPSA) is 94.6 Å². The predicted molar refractivity (Wildman–Crippen MR) is 114 cm³/mol. The number of fused-ring (bicyclic) bond motifs is 1. The molecule has 1 amide bonds. The number of hydrogen-bond donors (Lipinski definition) is 1. The summed E-state index contributed by atoms with van der Waals surface area (Å²) in [4.78, 5) is 12.7. The van der Waals surface area contributed by atoms with Crippen LogP contribution in [0.1, 0.15) is 35.8 Å². The molecule has 1 N–H and O–H groups in total. The van der Waals surface area contributed by atoms with Gasteiger partial charge in [-0.25, -0.2) is 0 Å². The number of methoxy groups -OCH3 is 3. The zero-order chi connectivity index (χ0) is 22.0. The van der Waals surface area contributed by atoms with E-state index in [1.165, 1.54) is 33.5 Å². The summed E-state index contributed by atoms with van der Waals surface area (Å²) in [6.45, 7) is 5.87. The van der Waals surface area contributed by atoms with E-state index >= 15 is 0 Å². The Bertz CT molecular complexity index is 1110. The number of aryl methyl sites for hydroxylation is 1. The Kier molecular flexibility index (Phi) is 5.96. The number of rotatable bonds is 6. The Labute approximate surface area is 174 Å². The third kappa shape index (κ3) is 3.68. The number of aromatic nitrogens is 1. The van der Waals surface area contributed by atoms with Crippen molar-refractivity contribution in [2.75, 3.05) is 21.3 Å². The van der Waals surface area contributed by atoms with Gasteiger partial charge in [-0.3, -0.25) is 4.79 Å². The molecule has 1 aromatic heterocycles. The summed E-state index contributed by atoms with van der Waals surface area (Å²) < 4.78 is 17.6. The van der Waals surface area contributed by atoms with E-state index in [9.17, 15) is 9.90 Å². The SMILES string of the molecule is COc1cc(C(=O)N=Nc2c(O)n(C(C)C)c3ccc(C)cc23)cc(OC)c1OC. The lowest BCUT2D eigenvalue weighted by Gasteiger charge is -2.12. The Hall–Kier alpha value is -3.55. The summed E-state index contributed by atoms with van der Waals surface area (Å²) in [5.74, 6) is 0.413. The third-order valence-electron chi connectivity index (χ3n) is 4.78. The number of benzene rings is 2. The minimum absolute atomic E-state index is 0.00460. The lowest BCUT2D eigenvalue weighted by molar-refractivity contribution is 0.0994. The highest BCUT2D eigenvalue weighted by Gasteiger charge is 2.20. The maximum atomic E-state index is 12.7. The molecule has 0 radical (unpaired) electrons. The molecule has 0 saturated carbocycles. The highest BCUT2D eigenvalue weighted by molar-refractivity contribution is 5.98. The average Bonchev–Trinajstić information content (AvgIpc) is 3.01. The van der Waals surface area contributed by atoms with E-state index in [1.807, 2.05) is 39.0 Å². The Morgan fingerprint density at radius 2 is 1.67 bits per heavy atom. The molecule has 0 bridgehead atoms. The van der Waals surface area contributed by atoms with Gasteiger partial charge in [-0.15, -0.1) is 10.2 Å². The molecular formula is C22H25N3O5. The number of carbonyl (C=O) groups is 1. The maximum absolute atomic E-state index is 12.7. The molecule has 0 atom stereocenters. The number of aromatic hydroxyl groups is 1. The largest absolute Gasteiger partial charge is 0.493 e. The van der Waals surface area contributed by atoms with Crippen LogP contribution in [0.5, 0.6) is 23.1 Å². The molecule has 0 aliphatic rings. The van der Waals surface area contributed by atoms with Crippen molar-refractivity contribution >= 4 is 22.5 Å². The monoisotopic (exact) mass is 411 g/mol. The molecule has 0 aliphatic carbocycles. The maximum Gasteiger partial charge on any atom is 0.295 e. The predicted octanol–water partition coefficient (Wildman–Crippen LogP) is 5.19. The van der Waals surface area contributed by atoms with Gasteiger partial charge in [-0.1, -0.05) is 11.6 Å². The Morgan fingerprint density at radius 3 is 2.20 bits per heavy atom. The molecule has 3 rings (SSSR count). The number of hydrogen-bond acceptors (Lipinski definition) is 6. The van der Waals surface area contributed by atoms with Crippen LogP contribution in [0.25, 0.3) is 10.9 Å². The second-order valence-electron chi connectivity index (χ2n) is 7.08. The van der Waals surface area contributed by atoms with Gasteiger partial charge in [0.2, 0.25) is 11.6 Å². The molecule has 2 aromatic carbocycles. The van der Waals surface area contributed by atoms with Crippen molar-refractivity contribution < 1.29 is 24.1 Å². The summed E-state index contributed by atoms with van der Waals surface area (Å²) in [5.41, 5.74) is 2.30. The van der Waals surface area contributed by atoms with E-state index < -0.39 is 5.91 Å². The van der Waals surface area contributed by atoms with E-state index in [-0.39, 0.29) is 23.2 Å². The first-order valence-electron chi connectivity index (χ1n) is 9.41. The minimum Gasteiger partial charge on any atom is -0.493 e. The molecule has 30 heavy (non-hydrogen) atoms. The summed E-state index contributed by atoms with van der Waals surface area (Å²) in [6, 6.07) is 8.80. The van der Waals surface area contributed by atoms with Gasteiger partial charge in [-0.2, -0.15) is 0 Å². The van der Waals surface area contributed by atoms with Gasteiger partial charge < -0.3 is 23.9 Å². The lowest BCUT2D eigenvalue weighted by Crippen LogP contribution is -2.00. The van der Waals surface area contributed by atoms with E-state index in [1.54, 1.807) is 4.57 Å². The number of ether oxygens (including phenoxy) is 3. The van der Waals surface area contributed by atoms with Crippen molar-refractivity contribution in [3.05, 3.63) is 41.5 Å². The van der Waals surface area contributed by atoms with Crippen LogP contribution in [0.2, 0.25) is 0 Å². The van der Waals surface area contributed by atoms with Crippen LogP contribution in [-0.4, -0.2) is 36.9 Å². The first-order valence-corrected chi connectivity index (χ1v) is 9.41. The van der Waals surface area contributed by atoms with Gasteiger partial charge in [0.05, 0.1) is 32.4 Å². The van der Waals surface area contributed by atoms with Gasteiger partial charge in [0.25, 0.3) is 5.91 Å². The first kappa shape index (κ1) is 21.2. The molecule has 0 aliphatic heterocycles. The van der Waals surface area contributed by atoms with Crippen LogP contribution in [0.3, 0.4) is 0 Å². The summed E-state index contributed by atoms with van der Waals surface area (Å²) in [5, 5.41) is 19.4. The first-order chi connectivity index (χ1) is 14.3.